The monoisotopic (exact) mass is 392 g/mol. The van der Waals surface area contributed by atoms with Crippen molar-refractivity contribution in [2.75, 3.05) is 13.2 Å². The number of hydrogen-bond acceptors (Lipinski definition) is 4. The van der Waals surface area contributed by atoms with Crippen molar-refractivity contribution < 1.29 is 19.1 Å². The van der Waals surface area contributed by atoms with Gasteiger partial charge in [-0.25, -0.2) is 0 Å². The maximum atomic E-state index is 12.3. The summed E-state index contributed by atoms with van der Waals surface area (Å²) in [4.78, 5) is 24.3. The lowest BCUT2D eigenvalue weighted by Gasteiger charge is -2.12. The predicted molar refractivity (Wildman–Crippen MR) is 112 cm³/mol. The molecular weight excluding hydrogens is 368 g/mol. The molecule has 0 saturated heterocycles. The predicted octanol–water partition coefficient (Wildman–Crippen LogP) is 3.71. The van der Waals surface area contributed by atoms with E-state index in [-0.39, 0.29) is 6.61 Å². The number of rotatable bonds is 7. The molecule has 0 unspecified atom stereocenters. The van der Waals surface area contributed by atoms with E-state index in [1.807, 2.05) is 50.2 Å². The molecular formula is C23H24N2O4. The van der Waals surface area contributed by atoms with Gasteiger partial charge in [0.25, 0.3) is 11.8 Å². The van der Waals surface area contributed by atoms with Gasteiger partial charge in [0.15, 0.2) is 6.61 Å². The zero-order valence-corrected chi connectivity index (χ0v) is 16.5. The lowest BCUT2D eigenvalue weighted by molar-refractivity contribution is -0.123. The lowest BCUT2D eigenvalue weighted by atomic mass is 10.1. The summed E-state index contributed by atoms with van der Waals surface area (Å²) in [6.07, 6.45) is 0. The molecule has 29 heavy (non-hydrogen) atoms. The average molecular weight is 392 g/mol. The smallest absolute Gasteiger partial charge is 0.276 e. The van der Waals surface area contributed by atoms with Crippen LogP contribution in [0.5, 0.6) is 11.5 Å². The van der Waals surface area contributed by atoms with Crippen LogP contribution in [0, 0.1) is 5.92 Å². The number of ether oxygens (including phenoxy) is 2. The molecule has 2 amide bonds. The fraction of sp³-hybridized carbons (Fsp3) is 0.217. The Morgan fingerprint density at radius 3 is 2.48 bits per heavy atom. The second-order valence-electron chi connectivity index (χ2n) is 7.00. The standard InChI is InChI=1S/C23H24N2O4/c1-16(2)14-28-19-10-5-9-18(13-19)23(27)25-24-22(26)15-29-21-12-6-8-17-7-3-4-11-20(17)21/h3-13,16H,14-15H2,1-2H3,(H,24,26)(H,25,27). The van der Waals surface area contributed by atoms with E-state index in [4.69, 9.17) is 9.47 Å². The maximum absolute atomic E-state index is 12.3. The number of nitrogens with one attached hydrogen (secondary N) is 2. The molecule has 0 aliphatic heterocycles. The van der Waals surface area contributed by atoms with E-state index in [9.17, 15) is 9.59 Å². The van der Waals surface area contributed by atoms with Crippen LogP contribution in [0.15, 0.2) is 66.7 Å². The van der Waals surface area contributed by atoms with Crippen LogP contribution in [0.2, 0.25) is 0 Å². The first kappa shape index (κ1) is 20.2. The molecule has 150 valence electrons. The molecule has 6 nitrogen and oxygen atoms in total. The Morgan fingerprint density at radius 1 is 0.897 bits per heavy atom. The van der Waals surface area contributed by atoms with E-state index < -0.39 is 11.8 Å². The Bertz CT molecular complexity index is 996. The van der Waals surface area contributed by atoms with Gasteiger partial charge in [0.1, 0.15) is 11.5 Å². The zero-order valence-electron chi connectivity index (χ0n) is 16.5. The van der Waals surface area contributed by atoms with Crippen molar-refractivity contribution in [1.82, 2.24) is 10.9 Å². The van der Waals surface area contributed by atoms with Crippen molar-refractivity contribution in [3.63, 3.8) is 0 Å². The van der Waals surface area contributed by atoms with E-state index in [2.05, 4.69) is 10.9 Å². The molecule has 3 rings (SSSR count). The van der Waals surface area contributed by atoms with E-state index in [1.54, 1.807) is 30.3 Å². The number of hydrazine groups is 1. The lowest BCUT2D eigenvalue weighted by Crippen LogP contribution is -2.43. The van der Waals surface area contributed by atoms with Crippen molar-refractivity contribution in [2.45, 2.75) is 13.8 Å². The third-order valence-corrected chi connectivity index (χ3v) is 4.10. The summed E-state index contributed by atoms with van der Waals surface area (Å²) in [6, 6.07) is 20.2. The Hall–Kier alpha value is -3.54. The Kier molecular flexibility index (Phi) is 6.68. The van der Waals surface area contributed by atoms with Crippen LogP contribution >= 0.6 is 0 Å². The number of amides is 2. The second-order valence-corrected chi connectivity index (χ2v) is 7.00. The van der Waals surface area contributed by atoms with Gasteiger partial charge >= 0.3 is 0 Å². The van der Waals surface area contributed by atoms with Crippen LogP contribution in [-0.2, 0) is 4.79 Å². The molecule has 0 radical (unpaired) electrons. The Balaban J connectivity index is 1.51. The number of carbonyl (C=O) groups is 2. The van der Waals surface area contributed by atoms with Crippen molar-refractivity contribution in [1.29, 1.82) is 0 Å². The van der Waals surface area contributed by atoms with Crippen molar-refractivity contribution in [3.8, 4) is 11.5 Å². The second kappa shape index (κ2) is 9.59. The highest BCUT2D eigenvalue weighted by molar-refractivity contribution is 5.96. The minimum Gasteiger partial charge on any atom is -0.493 e. The summed E-state index contributed by atoms with van der Waals surface area (Å²) in [5.74, 6) is 0.710. The minimum absolute atomic E-state index is 0.216. The minimum atomic E-state index is -0.460. The third kappa shape index (κ3) is 5.72. The van der Waals surface area contributed by atoms with Gasteiger partial charge in [0.2, 0.25) is 0 Å². The molecule has 3 aromatic carbocycles. The van der Waals surface area contributed by atoms with Crippen LogP contribution in [0.1, 0.15) is 24.2 Å². The fourth-order valence-electron chi connectivity index (χ4n) is 2.69. The van der Waals surface area contributed by atoms with Gasteiger partial charge in [-0.3, -0.25) is 20.4 Å². The molecule has 0 saturated carbocycles. The molecule has 0 aliphatic rings. The van der Waals surface area contributed by atoms with Gasteiger partial charge in [0.05, 0.1) is 6.61 Å². The summed E-state index contributed by atoms with van der Waals surface area (Å²) >= 11 is 0. The zero-order chi connectivity index (χ0) is 20.6. The average Bonchev–Trinajstić information content (AvgIpc) is 2.74. The van der Waals surface area contributed by atoms with Crippen molar-refractivity contribution in [2.24, 2.45) is 5.92 Å². The van der Waals surface area contributed by atoms with Gasteiger partial charge in [-0.1, -0.05) is 56.3 Å². The van der Waals surface area contributed by atoms with Gasteiger partial charge in [-0.15, -0.1) is 0 Å². The van der Waals surface area contributed by atoms with Gasteiger partial charge in [0, 0.05) is 10.9 Å². The molecule has 0 aliphatic carbocycles. The number of carbonyl (C=O) groups excluding carboxylic acids is 2. The first-order valence-corrected chi connectivity index (χ1v) is 9.45. The van der Waals surface area contributed by atoms with Crippen LogP contribution in [0.4, 0.5) is 0 Å². The highest BCUT2D eigenvalue weighted by Crippen LogP contribution is 2.24. The summed E-state index contributed by atoms with van der Waals surface area (Å²) < 4.78 is 11.2. The largest absolute Gasteiger partial charge is 0.493 e. The maximum Gasteiger partial charge on any atom is 0.276 e. The normalized spacial score (nSPS) is 10.6. The first-order valence-electron chi connectivity index (χ1n) is 9.45. The molecule has 2 N–H and O–H groups in total. The summed E-state index contributed by atoms with van der Waals surface area (Å²) in [7, 11) is 0. The molecule has 0 bridgehead atoms. The fourth-order valence-corrected chi connectivity index (χ4v) is 2.69. The topological polar surface area (TPSA) is 76.7 Å². The van der Waals surface area contributed by atoms with E-state index >= 15 is 0 Å². The van der Waals surface area contributed by atoms with Crippen LogP contribution < -0.4 is 20.3 Å². The SMILES string of the molecule is CC(C)COc1cccc(C(=O)NNC(=O)COc2cccc3ccccc23)c1. The molecule has 0 atom stereocenters. The first-order chi connectivity index (χ1) is 14.0. The van der Waals surface area contributed by atoms with Gasteiger partial charge in [-0.2, -0.15) is 0 Å². The van der Waals surface area contributed by atoms with Crippen LogP contribution in [0.3, 0.4) is 0 Å². The van der Waals surface area contributed by atoms with Gasteiger partial charge < -0.3 is 9.47 Å². The number of fused-ring (bicyclic) bond motifs is 1. The molecule has 3 aromatic rings. The molecule has 0 fully saturated rings. The third-order valence-electron chi connectivity index (χ3n) is 4.10. The Morgan fingerprint density at radius 2 is 1.66 bits per heavy atom. The molecule has 0 heterocycles. The molecule has 0 aromatic heterocycles. The van der Waals surface area contributed by atoms with Crippen molar-refractivity contribution in [3.05, 3.63) is 72.3 Å². The summed E-state index contributed by atoms with van der Waals surface area (Å²) in [6.45, 7) is 4.44. The highest BCUT2D eigenvalue weighted by atomic mass is 16.5. The quantitative estimate of drug-likeness (QED) is 0.601. The van der Waals surface area contributed by atoms with E-state index in [0.717, 1.165) is 10.8 Å². The van der Waals surface area contributed by atoms with Gasteiger partial charge in [-0.05, 0) is 35.6 Å². The van der Waals surface area contributed by atoms with Crippen molar-refractivity contribution >= 4 is 22.6 Å². The van der Waals surface area contributed by atoms with Crippen LogP contribution in [0.25, 0.3) is 10.8 Å². The van der Waals surface area contributed by atoms with Crippen LogP contribution in [-0.4, -0.2) is 25.0 Å². The molecule has 0 spiro atoms. The summed E-state index contributed by atoms with van der Waals surface area (Å²) in [5.41, 5.74) is 5.15. The highest BCUT2D eigenvalue weighted by Gasteiger charge is 2.10. The van der Waals surface area contributed by atoms with E-state index in [1.165, 1.54) is 0 Å². The molecule has 6 heteroatoms. The Labute approximate surface area is 169 Å². The number of benzene rings is 3. The van der Waals surface area contributed by atoms with E-state index in [0.29, 0.717) is 29.6 Å². The summed E-state index contributed by atoms with van der Waals surface area (Å²) in [5, 5.41) is 1.95. The number of hydrogen-bond donors (Lipinski definition) is 2.